The normalized spacial score (nSPS) is 32.0. The molecule has 126 valence electrons. The van der Waals surface area contributed by atoms with Crippen LogP contribution >= 0.6 is 0 Å². The van der Waals surface area contributed by atoms with Gasteiger partial charge in [0, 0.05) is 11.3 Å². The van der Waals surface area contributed by atoms with Gasteiger partial charge < -0.3 is 5.21 Å². The lowest BCUT2D eigenvalue weighted by molar-refractivity contribution is 0.114. The minimum atomic E-state index is 0.215. The number of fused-ring (bicyclic) bond motifs is 1. The zero-order valence-electron chi connectivity index (χ0n) is 14.7. The highest BCUT2D eigenvalue weighted by atomic mass is 16.4. The molecule has 2 heteroatoms. The van der Waals surface area contributed by atoms with E-state index in [4.69, 9.17) is 0 Å². The molecule has 0 aromatic heterocycles. The van der Waals surface area contributed by atoms with Crippen molar-refractivity contribution in [2.75, 3.05) is 0 Å². The van der Waals surface area contributed by atoms with Crippen LogP contribution < -0.4 is 0 Å². The van der Waals surface area contributed by atoms with Gasteiger partial charge in [-0.1, -0.05) is 82.5 Å². The number of hydrogen-bond acceptors (Lipinski definition) is 2. The van der Waals surface area contributed by atoms with Crippen LogP contribution in [0.25, 0.3) is 0 Å². The van der Waals surface area contributed by atoms with Gasteiger partial charge in [-0.3, -0.25) is 0 Å². The molecule has 0 radical (unpaired) electrons. The first-order valence-corrected chi connectivity index (χ1v) is 9.69. The lowest BCUT2D eigenvalue weighted by atomic mass is 9.46. The van der Waals surface area contributed by atoms with Crippen LogP contribution in [-0.4, -0.2) is 10.9 Å². The molecular weight excluding hydrogens is 270 g/mol. The van der Waals surface area contributed by atoms with Crippen LogP contribution in [0.4, 0.5) is 0 Å². The van der Waals surface area contributed by atoms with Crippen LogP contribution in [0, 0.1) is 17.3 Å². The van der Waals surface area contributed by atoms with E-state index < -0.39 is 0 Å². The SMILES string of the molecule is CCCCCCC1/C(=N\O)C2(CCCCCC)CCC=CC12. The quantitative estimate of drug-likeness (QED) is 0.217. The van der Waals surface area contributed by atoms with Gasteiger partial charge >= 0.3 is 0 Å². The Morgan fingerprint density at radius 2 is 1.82 bits per heavy atom. The van der Waals surface area contributed by atoms with Gasteiger partial charge in [-0.15, -0.1) is 0 Å². The van der Waals surface area contributed by atoms with Crippen LogP contribution in [0.5, 0.6) is 0 Å². The Kier molecular flexibility index (Phi) is 6.98. The number of nitrogens with zero attached hydrogens (tertiary/aromatic N) is 1. The predicted octanol–water partition coefficient (Wildman–Crippen LogP) is 6.34. The molecule has 2 nitrogen and oxygen atoms in total. The van der Waals surface area contributed by atoms with E-state index in [0.717, 1.165) is 12.1 Å². The van der Waals surface area contributed by atoms with Gasteiger partial charge in [0.2, 0.25) is 0 Å². The van der Waals surface area contributed by atoms with Gasteiger partial charge in [-0.2, -0.15) is 0 Å². The highest BCUT2D eigenvalue weighted by Gasteiger charge is 2.58. The van der Waals surface area contributed by atoms with Crippen molar-refractivity contribution in [3.05, 3.63) is 12.2 Å². The third-order valence-corrected chi connectivity index (χ3v) is 5.99. The van der Waals surface area contributed by atoms with Crippen molar-refractivity contribution in [3.8, 4) is 0 Å². The van der Waals surface area contributed by atoms with Gasteiger partial charge in [0.05, 0.1) is 5.71 Å². The molecule has 0 aromatic rings. The Hall–Kier alpha value is -0.790. The molecule has 0 spiro atoms. The average molecular weight is 306 g/mol. The molecule has 0 amide bonds. The van der Waals surface area contributed by atoms with Gasteiger partial charge in [-0.25, -0.2) is 0 Å². The third kappa shape index (κ3) is 3.58. The monoisotopic (exact) mass is 305 g/mol. The van der Waals surface area contributed by atoms with E-state index >= 15 is 0 Å². The lowest BCUT2D eigenvalue weighted by Gasteiger charge is -2.57. The predicted molar refractivity (Wildman–Crippen MR) is 94.5 cm³/mol. The van der Waals surface area contributed by atoms with E-state index in [-0.39, 0.29) is 5.41 Å². The van der Waals surface area contributed by atoms with Crippen molar-refractivity contribution in [3.63, 3.8) is 0 Å². The summed E-state index contributed by atoms with van der Waals surface area (Å²) in [5.41, 5.74) is 1.36. The number of rotatable bonds is 10. The molecule has 0 aromatic carbocycles. The molecule has 2 aliphatic carbocycles. The second kappa shape index (κ2) is 8.74. The lowest BCUT2D eigenvalue weighted by Crippen LogP contribution is -2.58. The fourth-order valence-corrected chi connectivity index (χ4v) is 4.76. The number of allylic oxidation sites excluding steroid dienone is 2. The molecule has 0 saturated heterocycles. The maximum absolute atomic E-state index is 9.63. The summed E-state index contributed by atoms with van der Waals surface area (Å²) in [6.45, 7) is 4.52. The van der Waals surface area contributed by atoms with Crippen LogP contribution in [-0.2, 0) is 0 Å². The number of unbranched alkanes of at least 4 members (excludes halogenated alkanes) is 6. The third-order valence-electron chi connectivity index (χ3n) is 5.99. The summed E-state index contributed by atoms with van der Waals surface area (Å²) >= 11 is 0. The fourth-order valence-electron chi connectivity index (χ4n) is 4.76. The topological polar surface area (TPSA) is 32.6 Å². The largest absolute Gasteiger partial charge is 0.411 e. The maximum Gasteiger partial charge on any atom is 0.0675 e. The van der Waals surface area contributed by atoms with Crippen molar-refractivity contribution in [1.82, 2.24) is 0 Å². The maximum atomic E-state index is 9.63. The summed E-state index contributed by atoms with van der Waals surface area (Å²) in [6.07, 6.45) is 20.1. The summed E-state index contributed by atoms with van der Waals surface area (Å²) in [7, 11) is 0. The molecule has 2 rings (SSSR count). The van der Waals surface area contributed by atoms with Gasteiger partial charge in [0.1, 0.15) is 0 Å². The molecule has 0 heterocycles. The van der Waals surface area contributed by atoms with Crippen molar-refractivity contribution >= 4 is 5.71 Å². The molecule has 0 aliphatic heterocycles. The number of oxime groups is 1. The van der Waals surface area contributed by atoms with E-state index in [1.54, 1.807) is 0 Å². The zero-order valence-corrected chi connectivity index (χ0v) is 14.7. The second-order valence-electron chi connectivity index (χ2n) is 7.40. The molecule has 2 aliphatic rings. The highest BCUT2D eigenvalue weighted by molar-refractivity contribution is 5.99. The first kappa shape index (κ1) is 17.6. The van der Waals surface area contributed by atoms with E-state index in [9.17, 15) is 5.21 Å². The van der Waals surface area contributed by atoms with E-state index in [1.165, 1.54) is 70.6 Å². The minimum Gasteiger partial charge on any atom is -0.411 e. The Balaban J connectivity index is 1.95. The van der Waals surface area contributed by atoms with Gasteiger partial charge in [0.15, 0.2) is 0 Å². The van der Waals surface area contributed by atoms with Crippen LogP contribution in [0.2, 0.25) is 0 Å². The molecule has 3 unspecified atom stereocenters. The Labute approximate surface area is 137 Å². The molecule has 0 bridgehead atoms. The smallest absolute Gasteiger partial charge is 0.0675 e. The first-order valence-electron chi connectivity index (χ1n) is 9.69. The minimum absolute atomic E-state index is 0.215. The Morgan fingerprint density at radius 1 is 1.09 bits per heavy atom. The summed E-state index contributed by atoms with van der Waals surface area (Å²) in [4.78, 5) is 0. The summed E-state index contributed by atoms with van der Waals surface area (Å²) in [6, 6.07) is 0. The molecule has 1 N–H and O–H groups in total. The first-order chi connectivity index (χ1) is 10.8. The van der Waals surface area contributed by atoms with Gasteiger partial charge in [0.25, 0.3) is 0 Å². The fraction of sp³-hybridized carbons (Fsp3) is 0.850. The summed E-state index contributed by atoms with van der Waals surface area (Å²) < 4.78 is 0. The summed E-state index contributed by atoms with van der Waals surface area (Å²) in [5.74, 6) is 1.17. The van der Waals surface area contributed by atoms with Crippen molar-refractivity contribution in [2.24, 2.45) is 22.4 Å². The van der Waals surface area contributed by atoms with Crippen molar-refractivity contribution in [2.45, 2.75) is 90.9 Å². The number of hydrogen-bond donors (Lipinski definition) is 1. The van der Waals surface area contributed by atoms with Gasteiger partial charge in [-0.05, 0) is 31.6 Å². The summed E-state index contributed by atoms with van der Waals surface area (Å²) in [5, 5.41) is 13.4. The molecular formula is C20H35NO. The second-order valence-corrected chi connectivity index (χ2v) is 7.40. The van der Waals surface area contributed by atoms with Crippen molar-refractivity contribution < 1.29 is 5.21 Å². The molecule has 3 atom stereocenters. The zero-order chi connectivity index (χ0) is 15.8. The van der Waals surface area contributed by atoms with Crippen LogP contribution in [0.3, 0.4) is 0 Å². The molecule has 1 fully saturated rings. The van der Waals surface area contributed by atoms with E-state index in [1.807, 2.05) is 0 Å². The Morgan fingerprint density at radius 3 is 2.50 bits per heavy atom. The Bertz CT molecular complexity index is 387. The van der Waals surface area contributed by atoms with E-state index in [0.29, 0.717) is 11.8 Å². The molecule has 22 heavy (non-hydrogen) atoms. The molecule has 1 saturated carbocycles. The average Bonchev–Trinajstić information content (AvgIpc) is 2.53. The standard InChI is InChI=1S/C20H35NO/c1-3-5-7-9-13-17-18-14-10-12-16-20(18,19(17)21-22)15-11-8-6-4-2/h10,14,17-18,22H,3-9,11-13,15-16H2,1-2H3/b21-19+. The van der Waals surface area contributed by atoms with Crippen LogP contribution in [0.15, 0.2) is 17.3 Å². The van der Waals surface area contributed by atoms with E-state index in [2.05, 4.69) is 31.2 Å². The van der Waals surface area contributed by atoms with Crippen molar-refractivity contribution in [1.29, 1.82) is 0 Å². The highest BCUT2D eigenvalue weighted by Crippen LogP contribution is 2.58. The van der Waals surface area contributed by atoms with Crippen LogP contribution in [0.1, 0.15) is 90.9 Å².